The van der Waals surface area contributed by atoms with E-state index in [1.807, 2.05) is 24.3 Å². The van der Waals surface area contributed by atoms with Crippen molar-refractivity contribution < 1.29 is 9.59 Å². The van der Waals surface area contributed by atoms with Crippen LogP contribution in [-0.4, -0.2) is 72.1 Å². The van der Waals surface area contributed by atoms with Gasteiger partial charge in [0.2, 0.25) is 0 Å². The zero-order chi connectivity index (χ0) is 24.5. The summed E-state index contributed by atoms with van der Waals surface area (Å²) in [5.41, 5.74) is 3.46. The molecule has 6 heteroatoms. The first kappa shape index (κ1) is 25.7. The summed E-state index contributed by atoms with van der Waals surface area (Å²) in [5.74, 6) is -0.208. The predicted octanol–water partition coefficient (Wildman–Crippen LogP) is 4.24. The van der Waals surface area contributed by atoms with E-state index in [0.29, 0.717) is 35.1 Å². The molecule has 1 fully saturated rings. The normalized spacial score (nSPS) is 20.9. The maximum atomic E-state index is 13.2. The first-order chi connectivity index (χ1) is 16.5. The second-order valence-corrected chi connectivity index (χ2v) is 8.40. The lowest BCUT2D eigenvalue weighted by molar-refractivity contribution is -0.117. The van der Waals surface area contributed by atoms with Crippen molar-refractivity contribution in [3.05, 3.63) is 71.1 Å². The Morgan fingerprint density at radius 1 is 0.676 bits per heavy atom. The zero-order valence-corrected chi connectivity index (χ0v) is 20.9. The van der Waals surface area contributed by atoms with Crippen LogP contribution in [0.5, 0.6) is 0 Å². The number of Topliss-reactive ketones (excluding diaryl/α,β-unsaturated/α-hetero) is 2. The third kappa shape index (κ3) is 6.13. The van der Waals surface area contributed by atoms with E-state index in [0.717, 1.165) is 50.7 Å². The number of hydrogen-bond acceptors (Lipinski definition) is 6. The molecular formula is C28H36N4O2. The fourth-order valence-electron chi connectivity index (χ4n) is 4.17. The molecule has 34 heavy (non-hydrogen) atoms. The summed E-state index contributed by atoms with van der Waals surface area (Å²) in [7, 11) is 0. The van der Waals surface area contributed by atoms with Crippen LogP contribution in [0.4, 0.5) is 0 Å². The van der Waals surface area contributed by atoms with Gasteiger partial charge in [-0.3, -0.25) is 19.6 Å². The lowest BCUT2D eigenvalue weighted by atomic mass is 9.75. The van der Waals surface area contributed by atoms with Gasteiger partial charge in [0.25, 0.3) is 0 Å². The van der Waals surface area contributed by atoms with Gasteiger partial charge in [-0.15, -0.1) is 0 Å². The highest BCUT2D eigenvalue weighted by molar-refractivity contribution is 6.37. The van der Waals surface area contributed by atoms with E-state index in [1.54, 1.807) is 24.6 Å². The average Bonchev–Trinajstić information content (AvgIpc) is 2.87. The first-order valence-electron chi connectivity index (χ1n) is 12.3. The number of nitrogens with zero attached hydrogens (tertiary/aromatic N) is 4. The minimum atomic E-state index is -0.104. The van der Waals surface area contributed by atoms with Crippen LogP contribution in [-0.2, 0) is 9.59 Å². The van der Waals surface area contributed by atoms with E-state index < -0.39 is 0 Å². The summed E-state index contributed by atoms with van der Waals surface area (Å²) < 4.78 is 0. The van der Waals surface area contributed by atoms with Gasteiger partial charge in [-0.25, -0.2) is 0 Å². The molecule has 0 aromatic heterocycles. The van der Waals surface area contributed by atoms with Crippen molar-refractivity contribution in [2.24, 2.45) is 9.98 Å². The van der Waals surface area contributed by atoms with Gasteiger partial charge in [-0.1, -0.05) is 52.0 Å². The summed E-state index contributed by atoms with van der Waals surface area (Å²) >= 11 is 0. The highest BCUT2D eigenvalue weighted by Crippen LogP contribution is 2.35. The van der Waals surface area contributed by atoms with Gasteiger partial charge in [0, 0.05) is 72.0 Å². The van der Waals surface area contributed by atoms with Crippen molar-refractivity contribution in [1.82, 2.24) is 9.80 Å². The smallest absolute Gasteiger partial charge is 0.194 e. The molecule has 0 aliphatic heterocycles. The third-order valence-corrected chi connectivity index (χ3v) is 6.42. The maximum absolute atomic E-state index is 13.2. The maximum Gasteiger partial charge on any atom is 0.194 e. The number of allylic oxidation sites excluding steroid dienone is 8. The van der Waals surface area contributed by atoms with Crippen LogP contribution in [0.1, 0.15) is 40.5 Å². The Bertz CT molecular complexity index is 958. The van der Waals surface area contributed by atoms with Crippen LogP contribution < -0.4 is 0 Å². The average molecular weight is 461 g/mol. The van der Waals surface area contributed by atoms with Crippen molar-refractivity contribution in [3.63, 3.8) is 0 Å². The molecule has 0 atom stereocenters. The van der Waals surface area contributed by atoms with Crippen LogP contribution in [0.15, 0.2) is 81.1 Å². The van der Waals surface area contributed by atoms with E-state index in [2.05, 4.69) is 47.5 Å². The Morgan fingerprint density at radius 2 is 1.06 bits per heavy atom. The molecule has 0 aromatic carbocycles. The monoisotopic (exact) mass is 460 g/mol. The topological polar surface area (TPSA) is 65.3 Å². The Kier molecular flexibility index (Phi) is 9.42. The van der Waals surface area contributed by atoms with Crippen LogP contribution >= 0.6 is 0 Å². The van der Waals surface area contributed by atoms with Gasteiger partial charge in [0.15, 0.2) is 11.6 Å². The van der Waals surface area contributed by atoms with Crippen LogP contribution in [0.2, 0.25) is 0 Å². The number of hydrogen-bond donors (Lipinski definition) is 0. The van der Waals surface area contributed by atoms with Gasteiger partial charge in [-0.2, -0.15) is 0 Å². The molecule has 3 rings (SSSR count). The number of fused-ring (bicyclic) bond motifs is 2. The second-order valence-electron chi connectivity index (χ2n) is 8.40. The lowest BCUT2D eigenvalue weighted by Crippen LogP contribution is -2.30. The minimum Gasteiger partial charge on any atom is -0.300 e. The SMILES string of the molecule is CCN(CC)CC=CN=C1C=C2C(=O)C3=CCC(=NC=CCN(CC)CC)C=C3C(=O)C2=CC1. The predicted molar refractivity (Wildman–Crippen MR) is 140 cm³/mol. The Balaban J connectivity index is 1.73. The quantitative estimate of drug-likeness (QED) is 0.489. The molecule has 1 saturated carbocycles. The fraction of sp³-hybridized carbons (Fsp3) is 0.429. The van der Waals surface area contributed by atoms with Gasteiger partial charge in [0.05, 0.1) is 0 Å². The molecule has 0 bridgehead atoms. The minimum absolute atomic E-state index is 0.104. The molecule has 0 unspecified atom stereocenters. The Labute approximate surface area is 203 Å². The summed E-state index contributed by atoms with van der Waals surface area (Å²) in [6.45, 7) is 14.2. The number of rotatable bonds is 10. The van der Waals surface area contributed by atoms with Crippen LogP contribution in [0.25, 0.3) is 0 Å². The number of carbonyl (C=O) groups is 2. The summed E-state index contributed by atoms with van der Waals surface area (Å²) in [4.78, 5) is 40.0. The molecule has 0 amide bonds. The largest absolute Gasteiger partial charge is 0.300 e. The summed E-state index contributed by atoms with van der Waals surface area (Å²) in [5, 5.41) is 0. The van der Waals surface area contributed by atoms with Gasteiger partial charge in [-0.05, 0) is 38.3 Å². The second kappa shape index (κ2) is 12.5. The van der Waals surface area contributed by atoms with Gasteiger partial charge in [0.1, 0.15) is 0 Å². The number of carbonyl (C=O) groups excluding carboxylic acids is 2. The third-order valence-electron chi connectivity index (χ3n) is 6.42. The summed E-state index contributed by atoms with van der Waals surface area (Å²) in [6.07, 6.45) is 15.9. The number of ketones is 2. The molecule has 0 heterocycles. The standard InChI is InChI=1S/C28H36N4O2/c1-5-31(6-2)17-9-15-29-21-11-13-23-25(19-21)27(33)24-14-12-22(20-26(24)28(23)34)30-16-10-18-32(7-3)8-4/h9-10,13-16,19-20H,5-8,11-12,17-18H2,1-4H3. The first-order valence-corrected chi connectivity index (χ1v) is 12.3. The van der Waals surface area contributed by atoms with E-state index in [4.69, 9.17) is 0 Å². The van der Waals surface area contributed by atoms with Gasteiger partial charge < -0.3 is 9.80 Å². The van der Waals surface area contributed by atoms with Crippen LogP contribution in [0.3, 0.4) is 0 Å². The molecule has 3 aliphatic carbocycles. The van der Waals surface area contributed by atoms with E-state index in [-0.39, 0.29) is 11.6 Å². The van der Waals surface area contributed by atoms with Crippen molar-refractivity contribution in [1.29, 1.82) is 0 Å². The molecule has 0 aromatic rings. The van der Waals surface area contributed by atoms with Crippen molar-refractivity contribution >= 4 is 23.0 Å². The van der Waals surface area contributed by atoms with Crippen molar-refractivity contribution in [2.75, 3.05) is 39.3 Å². The summed E-state index contributed by atoms with van der Waals surface area (Å²) in [6, 6.07) is 0. The zero-order valence-electron chi connectivity index (χ0n) is 20.9. The number of aliphatic imine (C=N–C) groups is 2. The van der Waals surface area contributed by atoms with E-state index in [1.165, 1.54) is 0 Å². The molecule has 3 aliphatic rings. The number of likely N-dealkylation sites (N-methyl/N-ethyl adjacent to an activating group) is 2. The van der Waals surface area contributed by atoms with Crippen LogP contribution in [0, 0.1) is 0 Å². The van der Waals surface area contributed by atoms with Gasteiger partial charge >= 0.3 is 0 Å². The Hall–Kier alpha value is -2.96. The molecule has 0 spiro atoms. The molecule has 0 N–H and O–H groups in total. The van der Waals surface area contributed by atoms with Crippen molar-refractivity contribution in [3.8, 4) is 0 Å². The Morgan fingerprint density at radius 3 is 1.41 bits per heavy atom. The highest BCUT2D eigenvalue weighted by atomic mass is 16.1. The highest BCUT2D eigenvalue weighted by Gasteiger charge is 2.37. The fourth-order valence-corrected chi connectivity index (χ4v) is 4.17. The van der Waals surface area contributed by atoms with Crippen molar-refractivity contribution in [2.45, 2.75) is 40.5 Å². The molecule has 0 saturated heterocycles. The molecule has 180 valence electrons. The van der Waals surface area contributed by atoms with E-state index in [9.17, 15) is 9.59 Å². The molecule has 0 radical (unpaired) electrons. The molecule has 6 nitrogen and oxygen atoms in total. The molecular weight excluding hydrogens is 424 g/mol. The lowest BCUT2D eigenvalue weighted by Gasteiger charge is -2.26. The van der Waals surface area contributed by atoms with E-state index >= 15 is 0 Å².